The number of benzene rings is 1. The molecule has 0 radical (unpaired) electrons. The molecule has 3 nitrogen and oxygen atoms in total. The van der Waals surface area contributed by atoms with Crippen molar-refractivity contribution < 1.29 is 14.3 Å². The highest BCUT2D eigenvalue weighted by atomic mass is 16.5. The highest BCUT2D eigenvalue weighted by Gasteiger charge is 2.06. The third kappa shape index (κ3) is 3.77. The predicted molar refractivity (Wildman–Crippen MR) is 56.9 cm³/mol. The van der Waals surface area contributed by atoms with Gasteiger partial charge in [-0.3, -0.25) is 9.59 Å². The van der Waals surface area contributed by atoms with Crippen LogP contribution in [0.15, 0.2) is 36.4 Å². The Balaban J connectivity index is 3.02. The minimum Gasteiger partial charge on any atom is -0.426 e. The van der Waals surface area contributed by atoms with Gasteiger partial charge in [-0.15, -0.1) is 0 Å². The van der Waals surface area contributed by atoms with Gasteiger partial charge in [-0.25, -0.2) is 0 Å². The van der Waals surface area contributed by atoms with Crippen LogP contribution < -0.4 is 0 Å². The molecule has 0 fully saturated rings. The van der Waals surface area contributed by atoms with Gasteiger partial charge < -0.3 is 4.74 Å². The van der Waals surface area contributed by atoms with Gasteiger partial charge in [0.25, 0.3) is 0 Å². The number of ketones is 1. The van der Waals surface area contributed by atoms with Crippen LogP contribution in [0.2, 0.25) is 0 Å². The van der Waals surface area contributed by atoms with E-state index >= 15 is 0 Å². The summed E-state index contributed by atoms with van der Waals surface area (Å²) >= 11 is 0. The van der Waals surface area contributed by atoms with Crippen molar-refractivity contribution in [2.75, 3.05) is 0 Å². The van der Waals surface area contributed by atoms with Gasteiger partial charge >= 0.3 is 5.97 Å². The lowest BCUT2D eigenvalue weighted by atomic mass is 10.1. The number of allylic oxidation sites excluding steroid dienone is 1. The molecular formula is C12H12O3. The van der Waals surface area contributed by atoms with Crippen LogP contribution in [0.3, 0.4) is 0 Å². The molecule has 0 spiro atoms. The van der Waals surface area contributed by atoms with Crippen molar-refractivity contribution in [3.63, 3.8) is 0 Å². The Kier molecular flexibility index (Phi) is 3.80. The lowest BCUT2D eigenvalue weighted by molar-refractivity contribution is -0.134. The molecule has 0 heterocycles. The Morgan fingerprint density at radius 3 is 2.20 bits per heavy atom. The average Bonchev–Trinajstić information content (AvgIpc) is 2.17. The third-order valence-electron chi connectivity index (χ3n) is 1.65. The fourth-order valence-electron chi connectivity index (χ4n) is 1.11. The Bertz CT molecular complexity index is 391. The van der Waals surface area contributed by atoms with Crippen LogP contribution in [0.25, 0.3) is 5.76 Å². The zero-order valence-corrected chi connectivity index (χ0v) is 8.69. The summed E-state index contributed by atoms with van der Waals surface area (Å²) in [7, 11) is 0. The minimum absolute atomic E-state index is 0.157. The number of carbonyl (C=O) groups is 2. The summed E-state index contributed by atoms with van der Waals surface area (Å²) in [5.74, 6) is -0.308. The molecule has 0 unspecified atom stereocenters. The maximum absolute atomic E-state index is 10.9. The zero-order chi connectivity index (χ0) is 11.3. The van der Waals surface area contributed by atoms with Gasteiger partial charge in [-0.1, -0.05) is 30.3 Å². The van der Waals surface area contributed by atoms with Crippen LogP contribution in [0.1, 0.15) is 19.4 Å². The predicted octanol–water partition coefficient (Wildman–Crippen LogP) is 2.18. The van der Waals surface area contributed by atoms with Gasteiger partial charge in [-0.2, -0.15) is 0 Å². The molecule has 0 aliphatic rings. The van der Waals surface area contributed by atoms with E-state index in [9.17, 15) is 9.59 Å². The van der Waals surface area contributed by atoms with E-state index in [1.54, 1.807) is 12.1 Å². The highest BCUT2D eigenvalue weighted by molar-refractivity contribution is 5.95. The van der Waals surface area contributed by atoms with E-state index in [1.807, 2.05) is 18.2 Å². The summed E-state index contributed by atoms with van der Waals surface area (Å²) in [5, 5.41) is 0. The largest absolute Gasteiger partial charge is 0.426 e. The number of carbonyl (C=O) groups excluding carboxylic acids is 2. The van der Waals surface area contributed by atoms with E-state index in [-0.39, 0.29) is 11.5 Å². The first kappa shape index (κ1) is 11.2. The molecule has 0 amide bonds. The fourth-order valence-corrected chi connectivity index (χ4v) is 1.11. The van der Waals surface area contributed by atoms with E-state index in [0.29, 0.717) is 5.56 Å². The van der Waals surface area contributed by atoms with Crippen molar-refractivity contribution in [1.82, 2.24) is 0 Å². The fraction of sp³-hybridized carbons (Fsp3) is 0.167. The minimum atomic E-state index is -0.439. The lowest BCUT2D eigenvalue weighted by Gasteiger charge is -2.05. The van der Waals surface area contributed by atoms with Crippen molar-refractivity contribution in [1.29, 1.82) is 0 Å². The quantitative estimate of drug-likeness (QED) is 0.430. The summed E-state index contributed by atoms with van der Waals surface area (Å²) in [4.78, 5) is 21.8. The van der Waals surface area contributed by atoms with Gasteiger partial charge in [0.2, 0.25) is 0 Å². The topological polar surface area (TPSA) is 43.4 Å². The first-order valence-corrected chi connectivity index (χ1v) is 4.55. The molecule has 0 aliphatic carbocycles. The first-order chi connectivity index (χ1) is 7.09. The number of hydrogen-bond acceptors (Lipinski definition) is 3. The van der Waals surface area contributed by atoms with E-state index in [2.05, 4.69) is 0 Å². The average molecular weight is 204 g/mol. The van der Waals surface area contributed by atoms with Crippen molar-refractivity contribution in [3.8, 4) is 0 Å². The van der Waals surface area contributed by atoms with E-state index in [1.165, 1.54) is 19.9 Å². The smallest absolute Gasteiger partial charge is 0.308 e. The monoisotopic (exact) mass is 204 g/mol. The molecule has 0 N–H and O–H groups in total. The van der Waals surface area contributed by atoms with Crippen molar-refractivity contribution in [2.24, 2.45) is 0 Å². The van der Waals surface area contributed by atoms with Crippen LogP contribution in [-0.4, -0.2) is 11.8 Å². The number of hydrogen-bond donors (Lipinski definition) is 0. The number of rotatable bonds is 3. The van der Waals surface area contributed by atoms with Gasteiger partial charge in [-0.05, 0) is 6.92 Å². The van der Waals surface area contributed by atoms with E-state index < -0.39 is 5.97 Å². The van der Waals surface area contributed by atoms with Gasteiger partial charge in [0, 0.05) is 18.6 Å². The first-order valence-electron chi connectivity index (χ1n) is 4.55. The molecule has 1 aromatic rings. The van der Waals surface area contributed by atoms with Crippen molar-refractivity contribution in [2.45, 2.75) is 13.8 Å². The molecule has 0 atom stereocenters. The molecule has 15 heavy (non-hydrogen) atoms. The Labute approximate surface area is 88.4 Å². The molecule has 3 heteroatoms. The molecule has 0 aromatic heterocycles. The molecule has 0 aliphatic heterocycles. The molecular weight excluding hydrogens is 192 g/mol. The molecule has 1 rings (SSSR count). The van der Waals surface area contributed by atoms with E-state index in [4.69, 9.17) is 4.74 Å². The second kappa shape index (κ2) is 5.10. The second-order valence-electron chi connectivity index (χ2n) is 3.08. The summed E-state index contributed by atoms with van der Waals surface area (Å²) in [6.45, 7) is 2.71. The summed E-state index contributed by atoms with van der Waals surface area (Å²) in [6.07, 6.45) is 1.30. The van der Waals surface area contributed by atoms with Crippen LogP contribution in [0.5, 0.6) is 0 Å². The van der Waals surface area contributed by atoms with Crippen molar-refractivity contribution in [3.05, 3.63) is 42.0 Å². The van der Waals surface area contributed by atoms with Gasteiger partial charge in [0.1, 0.15) is 5.76 Å². The maximum atomic E-state index is 10.9. The van der Waals surface area contributed by atoms with Gasteiger partial charge in [0.15, 0.2) is 5.78 Å². The van der Waals surface area contributed by atoms with Crippen molar-refractivity contribution >= 4 is 17.5 Å². The van der Waals surface area contributed by atoms with Gasteiger partial charge in [0.05, 0.1) is 0 Å². The highest BCUT2D eigenvalue weighted by Crippen LogP contribution is 2.15. The molecule has 78 valence electrons. The third-order valence-corrected chi connectivity index (χ3v) is 1.65. The molecule has 0 saturated carbocycles. The Morgan fingerprint density at radius 2 is 1.73 bits per heavy atom. The lowest BCUT2D eigenvalue weighted by Crippen LogP contribution is -2.00. The van der Waals surface area contributed by atoms with Crippen LogP contribution >= 0.6 is 0 Å². The van der Waals surface area contributed by atoms with E-state index in [0.717, 1.165) is 0 Å². The SMILES string of the molecule is CC(=O)C=C(OC(C)=O)c1ccccc1. The zero-order valence-electron chi connectivity index (χ0n) is 8.69. The molecule has 1 aromatic carbocycles. The maximum Gasteiger partial charge on any atom is 0.308 e. The second-order valence-corrected chi connectivity index (χ2v) is 3.08. The summed E-state index contributed by atoms with van der Waals surface area (Å²) in [6, 6.07) is 9.03. The molecule has 0 bridgehead atoms. The number of ether oxygens (including phenoxy) is 1. The standard InChI is InChI=1S/C12H12O3/c1-9(13)8-12(15-10(2)14)11-6-4-3-5-7-11/h3-8H,1-2H3. The summed E-state index contributed by atoms with van der Waals surface area (Å²) < 4.78 is 4.95. The number of esters is 1. The van der Waals surface area contributed by atoms with Crippen LogP contribution in [0, 0.1) is 0 Å². The summed E-state index contributed by atoms with van der Waals surface area (Å²) in [5.41, 5.74) is 0.711. The van der Waals surface area contributed by atoms with Crippen LogP contribution in [0.4, 0.5) is 0 Å². The van der Waals surface area contributed by atoms with Crippen LogP contribution in [-0.2, 0) is 14.3 Å². The Morgan fingerprint density at radius 1 is 1.13 bits per heavy atom. The Hall–Kier alpha value is -1.90. The molecule has 0 saturated heterocycles. The normalized spacial score (nSPS) is 10.9.